The number of allylic oxidation sites excluding steroid dienone is 1. The molecule has 0 heterocycles. The van der Waals surface area contributed by atoms with E-state index in [0.29, 0.717) is 5.92 Å². The summed E-state index contributed by atoms with van der Waals surface area (Å²) in [5.74, 6) is 5.09. The van der Waals surface area contributed by atoms with Crippen LogP contribution in [0.4, 0.5) is 8.78 Å². The summed E-state index contributed by atoms with van der Waals surface area (Å²) in [6.07, 6.45) is 12.9. The molecule has 0 unspecified atom stereocenters. The van der Waals surface area contributed by atoms with Crippen molar-refractivity contribution in [2.45, 2.75) is 77.6 Å². The minimum Gasteiger partial charge on any atom is -0.426 e. The molecular weight excluding hydrogens is 394 g/mol. The lowest BCUT2D eigenvalue weighted by atomic mass is 9.80. The van der Waals surface area contributed by atoms with E-state index in [4.69, 9.17) is 4.74 Å². The molecule has 0 bridgehead atoms. The highest BCUT2D eigenvalue weighted by molar-refractivity contribution is 5.75. The quantitative estimate of drug-likeness (QED) is 0.207. The smallest absolute Gasteiger partial charge is 0.314 e. The summed E-state index contributed by atoms with van der Waals surface area (Å²) >= 11 is 0. The van der Waals surface area contributed by atoms with Gasteiger partial charge in [-0.2, -0.15) is 0 Å². The van der Waals surface area contributed by atoms with Gasteiger partial charge in [0.05, 0.1) is 11.5 Å². The van der Waals surface area contributed by atoms with Crippen molar-refractivity contribution in [3.05, 3.63) is 42.0 Å². The highest BCUT2D eigenvalue weighted by Gasteiger charge is 2.28. The number of rotatable bonds is 6. The molecule has 2 aliphatic carbocycles. The second-order valence-electron chi connectivity index (χ2n) is 9.16. The van der Waals surface area contributed by atoms with Gasteiger partial charge in [-0.05, 0) is 76.0 Å². The van der Waals surface area contributed by atoms with Gasteiger partial charge in [-0.25, -0.2) is 8.78 Å². The van der Waals surface area contributed by atoms with Crippen molar-refractivity contribution in [3.8, 4) is 17.6 Å². The van der Waals surface area contributed by atoms with Crippen LogP contribution in [-0.4, -0.2) is 5.97 Å². The van der Waals surface area contributed by atoms with Gasteiger partial charge < -0.3 is 4.74 Å². The number of hydrogen-bond acceptors (Lipinski definition) is 2. The number of halogens is 2. The fourth-order valence-electron chi connectivity index (χ4n) is 4.86. The van der Waals surface area contributed by atoms with E-state index in [0.717, 1.165) is 82.3 Å². The van der Waals surface area contributed by atoms with Crippen LogP contribution < -0.4 is 4.74 Å². The van der Waals surface area contributed by atoms with Gasteiger partial charge in [0.25, 0.3) is 0 Å². The highest BCUT2D eigenvalue weighted by atomic mass is 19.1. The molecule has 2 fully saturated rings. The van der Waals surface area contributed by atoms with Gasteiger partial charge in [0, 0.05) is 18.1 Å². The van der Waals surface area contributed by atoms with Crippen LogP contribution in [0.3, 0.4) is 0 Å². The Kier molecular flexibility index (Phi) is 8.69. The molecule has 31 heavy (non-hydrogen) atoms. The Labute approximate surface area is 185 Å². The van der Waals surface area contributed by atoms with Crippen LogP contribution in [0.2, 0.25) is 0 Å². The first-order chi connectivity index (χ1) is 15.0. The zero-order chi connectivity index (χ0) is 22.2. The average Bonchev–Trinajstić information content (AvgIpc) is 2.78. The predicted molar refractivity (Wildman–Crippen MR) is 119 cm³/mol. The monoisotopic (exact) mass is 428 g/mol. The third-order valence-corrected chi connectivity index (χ3v) is 7.02. The number of hydrogen-bond donors (Lipinski definition) is 0. The van der Waals surface area contributed by atoms with Crippen molar-refractivity contribution in [1.82, 2.24) is 0 Å². The Morgan fingerprint density at radius 2 is 1.68 bits per heavy atom. The molecule has 2 saturated carbocycles. The fourth-order valence-corrected chi connectivity index (χ4v) is 4.86. The maximum atomic E-state index is 14.5. The maximum Gasteiger partial charge on any atom is 0.314 e. The van der Waals surface area contributed by atoms with Crippen LogP contribution >= 0.6 is 0 Å². The number of benzene rings is 1. The maximum absolute atomic E-state index is 14.5. The molecule has 0 aliphatic heterocycles. The molecule has 2 aliphatic rings. The van der Waals surface area contributed by atoms with Crippen molar-refractivity contribution in [1.29, 1.82) is 0 Å². The lowest BCUT2D eigenvalue weighted by Gasteiger charge is -2.26. The molecule has 0 saturated heterocycles. The first-order valence-electron chi connectivity index (χ1n) is 11.8. The summed E-state index contributed by atoms with van der Waals surface area (Å²) in [5.41, 5.74) is -0.236. The third-order valence-electron chi connectivity index (χ3n) is 7.02. The molecule has 4 heteroatoms. The summed E-state index contributed by atoms with van der Waals surface area (Å²) in [4.78, 5) is 12.5. The number of carbonyl (C=O) groups is 1. The zero-order valence-corrected chi connectivity index (χ0v) is 18.6. The van der Waals surface area contributed by atoms with Gasteiger partial charge in [0.2, 0.25) is 0 Å². The zero-order valence-electron chi connectivity index (χ0n) is 18.6. The topological polar surface area (TPSA) is 26.3 Å². The van der Waals surface area contributed by atoms with Gasteiger partial charge in [0.1, 0.15) is 17.4 Å². The molecule has 1 aromatic carbocycles. The Hall–Kier alpha value is -2.15. The SMILES string of the molecule is C=CCCC1CCC(C(=O)Oc2cc(F)c(C#CC3CCC(CC)CC3)c(F)c2)CC1. The van der Waals surface area contributed by atoms with Crippen molar-refractivity contribution in [3.63, 3.8) is 0 Å². The van der Waals surface area contributed by atoms with Gasteiger partial charge in [-0.15, -0.1) is 6.58 Å². The first kappa shape index (κ1) is 23.5. The molecule has 3 rings (SSSR count). The second kappa shape index (κ2) is 11.5. The molecule has 0 atom stereocenters. The van der Waals surface area contributed by atoms with E-state index in [-0.39, 0.29) is 23.1 Å². The van der Waals surface area contributed by atoms with Crippen LogP contribution in [0.25, 0.3) is 0 Å². The lowest BCUT2D eigenvalue weighted by molar-refractivity contribution is -0.140. The van der Waals surface area contributed by atoms with Crippen LogP contribution in [-0.2, 0) is 4.79 Å². The summed E-state index contributed by atoms with van der Waals surface area (Å²) in [6.45, 7) is 5.95. The Morgan fingerprint density at radius 1 is 1.06 bits per heavy atom. The average molecular weight is 429 g/mol. The van der Waals surface area contributed by atoms with Crippen LogP contribution in [0.5, 0.6) is 5.75 Å². The van der Waals surface area contributed by atoms with Crippen molar-refractivity contribution < 1.29 is 18.3 Å². The van der Waals surface area contributed by atoms with Crippen LogP contribution in [0.15, 0.2) is 24.8 Å². The molecule has 0 N–H and O–H groups in total. The number of ether oxygens (including phenoxy) is 1. The van der Waals surface area contributed by atoms with E-state index in [1.165, 1.54) is 6.42 Å². The highest BCUT2D eigenvalue weighted by Crippen LogP contribution is 2.33. The van der Waals surface area contributed by atoms with E-state index < -0.39 is 17.6 Å². The van der Waals surface area contributed by atoms with Crippen LogP contribution in [0.1, 0.15) is 83.1 Å². The summed E-state index contributed by atoms with van der Waals surface area (Å²) in [5, 5.41) is 0. The van der Waals surface area contributed by atoms with E-state index in [9.17, 15) is 13.6 Å². The van der Waals surface area contributed by atoms with Crippen molar-refractivity contribution >= 4 is 5.97 Å². The van der Waals surface area contributed by atoms with E-state index in [1.807, 2.05) is 6.08 Å². The third kappa shape index (κ3) is 6.66. The summed E-state index contributed by atoms with van der Waals surface area (Å²) in [7, 11) is 0. The lowest BCUT2D eigenvalue weighted by Crippen LogP contribution is -2.25. The molecule has 0 spiro atoms. The van der Waals surface area contributed by atoms with Gasteiger partial charge in [-0.1, -0.05) is 31.3 Å². The van der Waals surface area contributed by atoms with E-state index in [1.54, 1.807) is 0 Å². The van der Waals surface area contributed by atoms with Gasteiger partial charge >= 0.3 is 5.97 Å². The molecule has 2 nitrogen and oxygen atoms in total. The minimum absolute atomic E-state index is 0.0808. The summed E-state index contributed by atoms with van der Waals surface area (Å²) in [6, 6.07) is 2.16. The van der Waals surface area contributed by atoms with Crippen molar-refractivity contribution in [2.24, 2.45) is 23.7 Å². The molecule has 0 radical (unpaired) electrons. The largest absolute Gasteiger partial charge is 0.426 e. The number of carbonyl (C=O) groups excluding carboxylic acids is 1. The number of esters is 1. The Bertz CT molecular complexity index is 796. The fraction of sp³-hybridized carbons (Fsp3) is 0.593. The first-order valence-corrected chi connectivity index (χ1v) is 11.8. The van der Waals surface area contributed by atoms with Crippen molar-refractivity contribution in [2.75, 3.05) is 0 Å². The van der Waals surface area contributed by atoms with E-state index >= 15 is 0 Å². The molecule has 1 aromatic rings. The molecule has 0 amide bonds. The normalized spacial score (nSPS) is 25.9. The molecule has 168 valence electrons. The predicted octanol–water partition coefficient (Wildman–Crippen LogP) is 7.21. The molecule has 0 aromatic heterocycles. The Morgan fingerprint density at radius 3 is 2.26 bits per heavy atom. The Balaban J connectivity index is 1.56. The van der Waals surface area contributed by atoms with Crippen LogP contribution in [0, 0.1) is 47.1 Å². The minimum atomic E-state index is -0.773. The van der Waals surface area contributed by atoms with Gasteiger partial charge in [-0.3, -0.25) is 4.79 Å². The van der Waals surface area contributed by atoms with E-state index in [2.05, 4.69) is 25.3 Å². The molecular formula is C27H34F2O2. The second-order valence-corrected chi connectivity index (χ2v) is 9.16. The summed E-state index contributed by atoms with van der Waals surface area (Å²) < 4.78 is 34.3. The standard InChI is InChI=1S/C27H34F2O2/c1-3-5-6-20-11-14-22(15-12-20)27(30)31-23-17-25(28)24(26(29)18-23)16-13-21-9-7-19(4-2)8-10-21/h3,17-22H,1,4-12,14-15H2,2H3. The van der Waals surface area contributed by atoms with Gasteiger partial charge in [0.15, 0.2) is 0 Å².